The van der Waals surface area contributed by atoms with Crippen LogP contribution in [0.5, 0.6) is 0 Å². The van der Waals surface area contributed by atoms with E-state index in [-0.39, 0.29) is 55.5 Å². The van der Waals surface area contributed by atoms with Crippen LogP contribution in [0.4, 0.5) is 0 Å². The molecule has 2 saturated heterocycles. The Labute approximate surface area is 374 Å². The van der Waals surface area contributed by atoms with Crippen molar-refractivity contribution in [3.05, 3.63) is 24.3 Å². The van der Waals surface area contributed by atoms with Crippen LogP contribution >= 0.6 is 0 Å². The Kier molecular flexibility index (Phi) is 26.7. The van der Waals surface area contributed by atoms with Gasteiger partial charge in [0.2, 0.25) is 0 Å². The van der Waals surface area contributed by atoms with E-state index in [2.05, 4.69) is 54.9 Å². The van der Waals surface area contributed by atoms with Crippen LogP contribution in [-0.2, 0) is 28.6 Å². The number of hydrogen-bond donors (Lipinski definition) is 0. The molecule has 2 saturated carbocycles. The molecule has 0 amide bonds. The zero-order valence-corrected chi connectivity index (χ0v) is 39.7. The molecule has 2 aliphatic heterocycles. The van der Waals surface area contributed by atoms with E-state index in [0.29, 0.717) is 12.5 Å². The summed E-state index contributed by atoms with van der Waals surface area (Å²) in [6, 6.07) is 0.619. The van der Waals surface area contributed by atoms with Crippen molar-refractivity contribution in [1.82, 2.24) is 9.80 Å². The molecule has 0 N–H and O–H groups in total. The fourth-order valence-electron chi connectivity index (χ4n) is 10.7. The van der Waals surface area contributed by atoms with Crippen molar-refractivity contribution >= 4 is 17.9 Å². The predicted octanol–water partition coefficient (Wildman–Crippen LogP) is 12.4. The molecule has 1 unspecified atom stereocenters. The second kappa shape index (κ2) is 31.6. The molecule has 0 bridgehead atoms. The smallest absolute Gasteiger partial charge is 0.309 e. The van der Waals surface area contributed by atoms with Crippen LogP contribution < -0.4 is 0 Å². The van der Waals surface area contributed by atoms with Crippen LogP contribution in [0.1, 0.15) is 201 Å². The third-order valence-corrected chi connectivity index (χ3v) is 15.0. The molecule has 4 rings (SSSR count). The average molecular weight is 853 g/mol. The summed E-state index contributed by atoms with van der Waals surface area (Å²) in [4.78, 5) is 44.7. The minimum atomic E-state index is -0.367. The number of carbonyl (C=O) groups is 3. The number of hydrogen-bond acceptors (Lipinski definition) is 8. The van der Waals surface area contributed by atoms with E-state index < -0.39 is 0 Å². The lowest BCUT2D eigenvalue weighted by Crippen LogP contribution is -2.48. The van der Waals surface area contributed by atoms with Crippen LogP contribution in [0.15, 0.2) is 24.3 Å². The predicted molar refractivity (Wildman–Crippen MR) is 250 cm³/mol. The molecule has 2 aliphatic carbocycles. The molecular weight excluding hydrogens is 761 g/mol. The normalized spacial score (nSPS) is 24.3. The lowest BCUT2D eigenvalue weighted by atomic mass is 9.68. The number of likely N-dealkylation sites (tertiary alicyclic amines) is 2. The Morgan fingerprint density at radius 3 is 1.67 bits per heavy atom. The molecular formula is C53H92N2O6. The van der Waals surface area contributed by atoms with Crippen molar-refractivity contribution in [1.29, 1.82) is 0 Å². The summed E-state index contributed by atoms with van der Waals surface area (Å²) in [5.74, 6) is 1.43. The van der Waals surface area contributed by atoms with Crippen LogP contribution in [-0.4, -0.2) is 86.3 Å². The molecule has 8 heteroatoms. The Morgan fingerprint density at radius 2 is 1.07 bits per heavy atom. The van der Waals surface area contributed by atoms with Gasteiger partial charge in [0.1, 0.15) is 19.8 Å². The molecule has 350 valence electrons. The molecule has 61 heavy (non-hydrogen) atoms. The van der Waals surface area contributed by atoms with Crippen molar-refractivity contribution in [3.8, 4) is 0 Å². The third-order valence-electron chi connectivity index (χ3n) is 15.0. The van der Waals surface area contributed by atoms with Crippen molar-refractivity contribution in [2.75, 3.05) is 52.5 Å². The lowest BCUT2D eigenvalue weighted by Gasteiger charge is -2.41. The van der Waals surface area contributed by atoms with Crippen LogP contribution in [0, 0.1) is 35.5 Å². The van der Waals surface area contributed by atoms with Gasteiger partial charge in [-0.25, -0.2) is 0 Å². The van der Waals surface area contributed by atoms with E-state index in [1.165, 1.54) is 103 Å². The first-order valence-electron chi connectivity index (χ1n) is 26.1. The number of unbranched alkanes of at least 4 members (excludes halogenated alkanes) is 10. The second-order valence-electron chi connectivity index (χ2n) is 19.7. The third kappa shape index (κ3) is 20.9. The molecule has 0 aromatic carbocycles. The van der Waals surface area contributed by atoms with E-state index in [9.17, 15) is 14.4 Å². The topological polar surface area (TPSA) is 85.4 Å². The average Bonchev–Trinajstić information content (AvgIpc) is 3.30. The Bertz CT molecular complexity index is 1220. The summed E-state index contributed by atoms with van der Waals surface area (Å²) in [7, 11) is 0. The maximum absolute atomic E-state index is 13.4. The SMILES string of the molecule is CCCCC/C=C\C/C=C\CCCCCCCC(=O)OCC(COC(=O)C1CCC(C2CCC(CCCCC)CC2)CC1)COC(=O)C1CCN(C2CCN(CC)CC2)CC1. The van der Waals surface area contributed by atoms with E-state index >= 15 is 0 Å². The van der Waals surface area contributed by atoms with Gasteiger partial charge in [-0.05, 0) is 153 Å². The number of nitrogens with zero attached hydrogens (tertiary/aromatic N) is 2. The quantitative estimate of drug-likeness (QED) is 0.0318. The van der Waals surface area contributed by atoms with Crippen molar-refractivity contribution in [3.63, 3.8) is 0 Å². The Morgan fingerprint density at radius 1 is 0.541 bits per heavy atom. The summed E-state index contributed by atoms with van der Waals surface area (Å²) in [6.45, 7) is 12.4. The largest absolute Gasteiger partial charge is 0.465 e. The molecule has 8 nitrogen and oxygen atoms in total. The Hall–Kier alpha value is -2.19. The van der Waals surface area contributed by atoms with E-state index in [4.69, 9.17) is 14.2 Å². The molecule has 4 fully saturated rings. The molecule has 0 spiro atoms. The van der Waals surface area contributed by atoms with Gasteiger partial charge in [0, 0.05) is 12.5 Å². The highest BCUT2D eigenvalue weighted by molar-refractivity contribution is 5.73. The standard InChI is InChI=1S/C53H92N2O6/c1-4-7-9-10-11-12-13-14-15-16-17-18-19-20-22-24-51(56)59-41-45(43-61-53(58)49-33-39-55(40-34-49)50-35-37-54(6-3)38-36-50)42-60-52(57)48-31-29-47(30-32-48)46-27-25-44(26-28-46)23-21-8-5-2/h11-12,14-15,44-50H,4-10,13,16-43H2,1-3H3/b12-11-,15-14-. The van der Waals surface area contributed by atoms with Crippen molar-refractivity contribution in [2.24, 2.45) is 35.5 Å². The van der Waals surface area contributed by atoms with Gasteiger partial charge in [-0.15, -0.1) is 0 Å². The van der Waals surface area contributed by atoms with E-state index in [1.807, 2.05) is 0 Å². The lowest BCUT2D eigenvalue weighted by molar-refractivity contribution is -0.158. The monoisotopic (exact) mass is 853 g/mol. The minimum Gasteiger partial charge on any atom is -0.465 e. The first-order chi connectivity index (χ1) is 29.9. The zero-order chi connectivity index (χ0) is 43.3. The van der Waals surface area contributed by atoms with Gasteiger partial charge < -0.3 is 24.0 Å². The molecule has 4 aliphatic rings. The number of piperidine rings is 2. The van der Waals surface area contributed by atoms with E-state index in [1.54, 1.807) is 0 Å². The van der Waals surface area contributed by atoms with Gasteiger partial charge >= 0.3 is 17.9 Å². The molecule has 1 atom stereocenters. The summed E-state index contributed by atoms with van der Waals surface area (Å²) >= 11 is 0. The first-order valence-corrected chi connectivity index (χ1v) is 26.1. The van der Waals surface area contributed by atoms with Crippen LogP contribution in [0.2, 0.25) is 0 Å². The van der Waals surface area contributed by atoms with Crippen molar-refractivity contribution in [2.45, 2.75) is 207 Å². The fraction of sp³-hybridized carbons (Fsp3) is 0.868. The first kappa shape index (κ1) is 51.4. The number of carbonyl (C=O) groups excluding carboxylic acids is 3. The highest BCUT2D eigenvalue weighted by atomic mass is 16.6. The number of esters is 3. The molecule has 2 heterocycles. The number of ether oxygens (including phenoxy) is 3. The van der Waals surface area contributed by atoms with Crippen molar-refractivity contribution < 1.29 is 28.6 Å². The van der Waals surface area contributed by atoms with Crippen LogP contribution in [0.25, 0.3) is 0 Å². The molecule has 0 aromatic rings. The summed E-state index contributed by atoms with van der Waals surface area (Å²) < 4.78 is 17.6. The Balaban J connectivity index is 1.14. The van der Waals surface area contributed by atoms with Gasteiger partial charge in [0.25, 0.3) is 0 Å². The van der Waals surface area contributed by atoms with Gasteiger partial charge in [-0.2, -0.15) is 0 Å². The molecule has 0 radical (unpaired) electrons. The van der Waals surface area contributed by atoms with Gasteiger partial charge in [-0.1, -0.05) is 116 Å². The second-order valence-corrected chi connectivity index (χ2v) is 19.7. The van der Waals surface area contributed by atoms with Gasteiger partial charge in [0.05, 0.1) is 17.8 Å². The summed E-state index contributed by atoms with van der Waals surface area (Å²) in [5, 5.41) is 0. The highest BCUT2D eigenvalue weighted by Gasteiger charge is 2.35. The minimum absolute atomic E-state index is 0.0648. The maximum Gasteiger partial charge on any atom is 0.309 e. The zero-order valence-electron chi connectivity index (χ0n) is 39.7. The highest BCUT2D eigenvalue weighted by Crippen LogP contribution is 2.42. The van der Waals surface area contributed by atoms with Crippen LogP contribution in [0.3, 0.4) is 0 Å². The summed E-state index contributed by atoms with van der Waals surface area (Å²) in [6.07, 6.45) is 41.1. The van der Waals surface area contributed by atoms with E-state index in [0.717, 1.165) is 121 Å². The van der Waals surface area contributed by atoms with Gasteiger partial charge in [0.15, 0.2) is 0 Å². The van der Waals surface area contributed by atoms with Gasteiger partial charge in [-0.3, -0.25) is 14.4 Å². The number of allylic oxidation sites excluding steroid dienone is 4. The maximum atomic E-state index is 13.4. The fourth-order valence-corrected chi connectivity index (χ4v) is 10.7. The number of rotatable bonds is 29. The summed E-state index contributed by atoms with van der Waals surface area (Å²) in [5.41, 5.74) is 0. The molecule has 0 aromatic heterocycles.